The van der Waals surface area contributed by atoms with Crippen molar-refractivity contribution in [2.24, 2.45) is 17.8 Å². The van der Waals surface area contributed by atoms with E-state index in [0.29, 0.717) is 104 Å². The molecule has 3 aliphatic rings. The summed E-state index contributed by atoms with van der Waals surface area (Å²) in [7, 11) is 2.52. The minimum Gasteiger partial charge on any atom is -0.463 e. The number of nitrogens with one attached hydrogen (secondary N) is 5. The average Bonchev–Trinajstić information content (AvgIpc) is 0.806. The van der Waals surface area contributed by atoms with Crippen molar-refractivity contribution in [2.45, 2.75) is 362 Å². The molecule has 7 unspecified atom stereocenters. The van der Waals surface area contributed by atoms with Gasteiger partial charge in [0.15, 0.2) is 25.0 Å². The maximum absolute atomic E-state index is 14.5. The summed E-state index contributed by atoms with van der Waals surface area (Å²) in [5.74, 6) is -7.05. The first-order valence-corrected chi connectivity index (χ1v) is 48.5. The van der Waals surface area contributed by atoms with E-state index in [2.05, 4.69) is 34.6 Å². The fourth-order valence-electron chi connectivity index (χ4n) is 15.3. The highest BCUT2D eigenvalue weighted by atomic mass is 32.9. The monoisotopic (exact) mass is 1830 g/mol. The molecule has 0 aliphatic carbocycles. The van der Waals surface area contributed by atoms with E-state index < -0.39 is 154 Å². The van der Waals surface area contributed by atoms with Crippen LogP contribution >= 0.6 is 8.02 Å². The Labute approximate surface area is 747 Å². The number of rotatable bonds is 65. The Morgan fingerprint density at radius 2 is 0.704 bits per heavy atom. The number of hydrogen-bond donors (Lipinski definition) is 5. The van der Waals surface area contributed by atoms with Crippen LogP contribution in [0.3, 0.4) is 0 Å². The van der Waals surface area contributed by atoms with E-state index in [1.807, 2.05) is 20.8 Å². The second-order valence-corrected chi connectivity index (χ2v) is 37.2. The van der Waals surface area contributed by atoms with Crippen LogP contribution in [0, 0.1) is 17.8 Å². The van der Waals surface area contributed by atoms with Gasteiger partial charge in [-0.25, -0.2) is 0 Å². The van der Waals surface area contributed by atoms with Gasteiger partial charge in [-0.3, -0.25) is 86.3 Å². The lowest BCUT2D eigenvalue weighted by molar-refractivity contribution is -0.262. The summed E-state index contributed by atoms with van der Waals surface area (Å²) in [4.78, 5) is 192. The number of ether oxygens (including phenoxy) is 13. The molecule has 38 heteroatoms. The molecule has 0 aromatic carbocycles. The van der Waals surface area contributed by atoms with Crippen LogP contribution in [0.25, 0.3) is 0 Å². The third-order valence-electron chi connectivity index (χ3n) is 21.7. The number of esters is 7. The van der Waals surface area contributed by atoms with Gasteiger partial charge < -0.3 is 111 Å². The van der Waals surface area contributed by atoms with Crippen LogP contribution in [0.1, 0.15) is 283 Å². The zero-order valence-electron chi connectivity index (χ0n) is 76.3. The SMILES string of the molecule is CCC(OC(=O)CCC(=O)C[S-](=P)=S)C(=O)N(CCCNC(=O)CCCCCCCCCO[C@@H]1OC(COC(C)=O)[C@H](OC(C)=O)[C@H](C)C1NC(C)=O)CCCN(CCCNC(=O)CCCCCCCCCO[C@@H]1OC(COC(C)=O)[C@H](OC(C)=O)[C@H](C)C1NC(C)=O)C(=O)CCCCCCCCCO[C@@H]1OC(COC(C)=O)[C@H](OC(C)=O)[C@H](C)C1NC(C)=O. The zero-order chi connectivity index (χ0) is 92.8. The maximum Gasteiger partial charge on any atom is 0.307 e. The molecule has 0 aromatic rings. The van der Waals surface area contributed by atoms with Crippen molar-refractivity contribution < 1.29 is 133 Å². The molecule has 0 aromatic heterocycles. The zero-order valence-corrected chi connectivity index (χ0v) is 78.9. The van der Waals surface area contributed by atoms with Gasteiger partial charge in [0.2, 0.25) is 35.4 Å². The molecule has 3 saturated heterocycles. The Bertz CT molecular complexity index is 3400. The van der Waals surface area contributed by atoms with Gasteiger partial charge >= 0.3 is 41.8 Å². The van der Waals surface area contributed by atoms with Crippen molar-refractivity contribution >= 4 is 117 Å². The van der Waals surface area contributed by atoms with Gasteiger partial charge in [-0.1, -0.05) is 130 Å². The molecule has 0 bridgehead atoms. The molecule has 35 nitrogen and oxygen atoms in total. The molecule has 3 heterocycles. The topological polar surface area (TPSA) is 443 Å². The minimum atomic E-state index is -1.16. The molecule has 5 N–H and O–H groups in total. The summed E-state index contributed by atoms with van der Waals surface area (Å²) < 4.78 is 74.9. The summed E-state index contributed by atoms with van der Waals surface area (Å²) in [6.45, 7) is 20.9. The molecule has 125 heavy (non-hydrogen) atoms. The number of Topliss-reactive ketones (excluding diaryl/α,β-unsaturated/α-hetero) is 1. The molecule has 0 radical (unpaired) electrons. The van der Waals surface area contributed by atoms with E-state index in [0.717, 1.165) is 96.3 Å². The number of ketones is 1. The van der Waals surface area contributed by atoms with Crippen LogP contribution < -0.4 is 26.6 Å². The van der Waals surface area contributed by atoms with Gasteiger partial charge in [-0.05, 0) is 64.2 Å². The number of carbonyl (C=O) groups is 15. The molecule has 7 amide bonds. The molecule has 0 spiro atoms. The van der Waals surface area contributed by atoms with E-state index >= 15 is 0 Å². The minimum absolute atomic E-state index is 0.0716. The summed E-state index contributed by atoms with van der Waals surface area (Å²) in [5.41, 5.74) is 0. The van der Waals surface area contributed by atoms with Crippen LogP contribution in [0.5, 0.6) is 0 Å². The number of unbranched alkanes of at least 4 members (excludes halogenated alkanes) is 18. The third kappa shape index (κ3) is 48.8. The molecular weight excluding hydrogens is 1690 g/mol. The van der Waals surface area contributed by atoms with E-state index in [1.165, 1.54) is 62.3 Å². The van der Waals surface area contributed by atoms with Crippen molar-refractivity contribution in [2.75, 3.05) is 84.7 Å². The van der Waals surface area contributed by atoms with Crippen LogP contribution in [0.15, 0.2) is 0 Å². The van der Waals surface area contributed by atoms with Gasteiger partial charge in [0.25, 0.3) is 5.91 Å². The molecular formula is C87H147N7O28PS2-. The predicted molar refractivity (Wildman–Crippen MR) is 467 cm³/mol. The Morgan fingerprint density at radius 3 is 1.02 bits per heavy atom. The molecule has 16 atom stereocenters. The van der Waals surface area contributed by atoms with Crippen molar-refractivity contribution in [3.05, 3.63) is 0 Å². The molecule has 3 fully saturated rings. The van der Waals surface area contributed by atoms with E-state index in [9.17, 15) is 71.9 Å². The van der Waals surface area contributed by atoms with Crippen LogP contribution in [0.2, 0.25) is 0 Å². The van der Waals surface area contributed by atoms with Crippen molar-refractivity contribution in [1.82, 2.24) is 36.4 Å². The highest BCUT2D eigenvalue weighted by Crippen LogP contribution is 2.34. The lowest BCUT2D eigenvalue weighted by atomic mass is 9.88. The Balaban J connectivity index is 1.61. The predicted octanol–water partition coefficient (Wildman–Crippen LogP) is 8.35. The van der Waals surface area contributed by atoms with Crippen molar-refractivity contribution in [3.8, 4) is 0 Å². The first-order chi connectivity index (χ1) is 59.5. The third-order valence-corrected chi connectivity index (χ3v) is 23.1. The second kappa shape index (κ2) is 64.6. The number of amides is 7. The fourth-order valence-corrected chi connectivity index (χ4v) is 16.6. The van der Waals surface area contributed by atoms with Crippen LogP contribution in [-0.2, 0) is 153 Å². The average molecular weight is 1830 g/mol. The second-order valence-electron chi connectivity index (χ2n) is 32.7. The van der Waals surface area contributed by atoms with Gasteiger partial charge in [0.05, 0.1) is 24.5 Å². The smallest absolute Gasteiger partial charge is 0.307 e. The van der Waals surface area contributed by atoms with Crippen molar-refractivity contribution in [1.29, 1.82) is 0 Å². The standard InChI is InChI=1S/C87H147N7O28PS2/c1-14-70(119-77(108)43-42-69(104)56-125(123)124)84(109)94(47-37-45-89-75(106)40-31-25-19-16-22-28-34-51-111-86-79(91-61(6)96)58(3)82(117-67(12)102)72(121-86)54-114-64(9)99)49-38-48-93(76(107)41-32-26-20-17-23-29-35-52-112-87-80(92-62(7)97)59(4)83(118-68(13)103)73(122-87)55-115-65(10)100)46-36-44-88-74(105)39-30-24-18-15-21-27-33-50-110-85-78(90-60(5)95)57(2)81(116-66(11)101)71(120-85)53-113-63(8)98/h57-59,70-73,78-83,85-87,123H,14-56H2,1-13H3,(H,88,105)(H,89,106)(H,90,95)(H,91,96)(H,92,97)/q-1/t57-,58-,59-,70?,71?,72?,73?,78?,79?,80?,81-,82-,83-,85-,86-,87-/m1/s1. The quantitative estimate of drug-likeness (QED) is 0.0125. The highest BCUT2D eigenvalue weighted by Gasteiger charge is 2.50. The summed E-state index contributed by atoms with van der Waals surface area (Å²) in [5, 5.41) is 14.6. The Hall–Kier alpha value is -7.12. The summed E-state index contributed by atoms with van der Waals surface area (Å²) in [6.07, 6.45) is 10.5. The number of nitrogens with zero attached hydrogens (tertiary/aromatic N) is 2. The van der Waals surface area contributed by atoms with Crippen LogP contribution in [-0.4, -0.2) is 263 Å². The Morgan fingerprint density at radius 1 is 0.392 bits per heavy atom. The molecule has 0 saturated carbocycles. The van der Waals surface area contributed by atoms with Gasteiger partial charge in [-0.15, -0.1) is 0 Å². The summed E-state index contributed by atoms with van der Waals surface area (Å²) >= 11 is 5.11. The lowest BCUT2D eigenvalue weighted by Crippen LogP contribution is -2.62. The van der Waals surface area contributed by atoms with E-state index in [-0.39, 0.29) is 119 Å². The molecule has 3 rings (SSSR count). The van der Waals surface area contributed by atoms with Gasteiger partial charge in [0, 0.05) is 165 Å². The lowest BCUT2D eigenvalue weighted by Gasteiger charge is -2.44. The first-order valence-electron chi connectivity index (χ1n) is 45.0. The van der Waals surface area contributed by atoms with Gasteiger partial charge in [0.1, 0.15) is 62.2 Å². The highest BCUT2D eigenvalue weighted by molar-refractivity contribution is 8.39. The number of hydrogen-bond acceptors (Lipinski definition) is 30. The van der Waals surface area contributed by atoms with E-state index in [1.54, 1.807) is 16.7 Å². The number of carbonyl (C=O) groups excluding carboxylic acids is 15. The Kier molecular flexibility index (Phi) is 57.9. The fraction of sp³-hybridized carbons (Fsp3) is 0.828. The summed E-state index contributed by atoms with van der Waals surface area (Å²) in [6, 6.07) is -1.91. The van der Waals surface area contributed by atoms with Gasteiger partial charge in [-0.2, -0.15) is 0 Å². The maximum atomic E-state index is 14.5. The van der Waals surface area contributed by atoms with Crippen LogP contribution in [0.4, 0.5) is 0 Å². The molecule has 3 aliphatic heterocycles. The first kappa shape index (κ1) is 112. The normalized spacial score (nSPS) is 22.4. The van der Waals surface area contributed by atoms with Crippen molar-refractivity contribution in [3.63, 3.8) is 0 Å². The molecule has 716 valence electrons. The largest absolute Gasteiger partial charge is 0.463 e. The van der Waals surface area contributed by atoms with E-state index in [4.69, 9.17) is 72.8 Å².